The molecule has 0 saturated heterocycles. The van der Waals surface area contributed by atoms with Gasteiger partial charge in [-0.05, 0) is 43.4 Å². The molecule has 0 aromatic heterocycles. The fraction of sp³-hybridized carbons (Fsp3) is 0.235. The predicted molar refractivity (Wildman–Crippen MR) is 90.3 cm³/mol. The van der Waals surface area contributed by atoms with E-state index in [9.17, 15) is 4.79 Å². The normalized spacial score (nSPS) is 10.7. The molecule has 0 spiro atoms. The number of benzene rings is 2. The molecule has 0 heterocycles. The van der Waals surface area contributed by atoms with E-state index in [0.717, 1.165) is 27.8 Å². The molecule has 2 aromatic rings. The first-order chi connectivity index (χ1) is 10.0. The summed E-state index contributed by atoms with van der Waals surface area (Å²) in [7, 11) is 4.03. The van der Waals surface area contributed by atoms with Crippen molar-refractivity contribution in [2.24, 2.45) is 0 Å². The van der Waals surface area contributed by atoms with Crippen LogP contribution in [0.25, 0.3) is 0 Å². The number of para-hydroxylation sites is 1. The fourth-order valence-corrected chi connectivity index (χ4v) is 2.37. The summed E-state index contributed by atoms with van der Waals surface area (Å²) >= 11 is 3.39. The minimum atomic E-state index is 0.00327. The van der Waals surface area contributed by atoms with Crippen LogP contribution in [0, 0.1) is 0 Å². The van der Waals surface area contributed by atoms with Gasteiger partial charge in [-0.1, -0.05) is 46.3 Å². The molecule has 0 radical (unpaired) electrons. The van der Waals surface area contributed by atoms with E-state index in [2.05, 4.69) is 26.1 Å². The molecule has 0 unspecified atom stereocenters. The lowest BCUT2D eigenvalue weighted by molar-refractivity contribution is -0.115. The van der Waals surface area contributed by atoms with Gasteiger partial charge in [-0.2, -0.15) is 0 Å². The zero-order valence-electron chi connectivity index (χ0n) is 12.3. The summed E-state index contributed by atoms with van der Waals surface area (Å²) in [5.41, 5.74) is 3.00. The van der Waals surface area contributed by atoms with Crippen LogP contribution in [-0.2, 0) is 17.8 Å². The third-order valence-corrected chi connectivity index (χ3v) is 3.58. The topological polar surface area (TPSA) is 32.3 Å². The number of rotatable bonds is 5. The van der Waals surface area contributed by atoms with E-state index >= 15 is 0 Å². The van der Waals surface area contributed by atoms with Crippen LogP contribution >= 0.6 is 15.9 Å². The summed E-state index contributed by atoms with van der Waals surface area (Å²) in [6.07, 6.45) is 0.379. The van der Waals surface area contributed by atoms with E-state index in [-0.39, 0.29) is 5.91 Å². The van der Waals surface area contributed by atoms with E-state index in [4.69, 9.17) is 0 Å². The van der Waals surface area contributed by atoms with E-state index in [1.165, 1.54) is 0 Å². The Hall–Kier alpha value is -1.65. The number of amides is 1. The maximum Gasteiger partial charge on any atom is 0.228 e. The smallest absolute Gasteiger partial charge is 0.228 e. The molecule has 4 heteroatoms. The molecule has 2 rings (SSSR count). The van der Waals surface area contributed by atoms with Gasteiger partial charge in [0.25, 0.3) is 0 Å². The molecular weight excluding hydrogens is 328 g/mol. The van der Waals surface area contributed by atoms with Crippen LogP contribution in [0.1, 0.15) is 11.1 Å². The Labute approximate surface area is 134 Å². The molecular formula is C17H19BrN2O. The van der Waals surface area contributed by atoms with Gasteiger partial charge in [-0.3, -0.25) is 4.79 Å². The summed E-state index contributed by atoms with van der Waals surface area (Å²) in [4.78, 5) is 14.3. The van der Waals surface area contributed by atoms with E-state index in [1.54, 1.807) is 0 Å². The van der Waals surface area contributed by atoms with Crippen LogP contribution in [0.2, 0.25) is 0 Å². The highest BCUT2D eigenvalue weighted by Crippen LogP contribution is 2.17. The standard InChI is InChI=1S/C17H19BrN2O/c1-20(2)12-14-5-3-4-6-16(14)19-17(21)11-13-7-9-15(18)10-8-13/h3-10H,11-12H2,1-2H3,(H,19,21). The van der Waals surface area contributed by atoms with Crippen LogP contribution in [0.4, 0.5) is 5.69 Å². The van der Waals surface area contributed by atoms with Crippen molar-refractivity contribution in [3.63, 3.8) is 0 Å². The third-order valence-electron chi connectivity index (χ3n) is 3.06. The predicted octanol–water partition coefficient (Wildman–Crippen LogP) is 3.69. The van der Waals surface area contributed by atoms with Gasteiger partial charge in [0.1, 0.15) is 0 Å². The molecule has 1 amide bonds. The van der Waals surface area contributed by atoms with Crippen molar-refractivity contribution < 1.29 is 4.79 Å². The highest BCUT2D eigenvalue weighted by atomic mass is 79.9. The Morgan fingerprint density at radius 3 is 2.43 bits per heavy atom. The molecule has 0 aliphatic carbocycles. The maximum absolute atomic E-state index is 12.2. The molecule has 0 saturated carbocycles. The second-order valence-electron chi connectivity index (χ2n) is 5.25. The number of anilines is 1. The highest BCUT2D eigenvalue weighted by molar-refractivity contribution is 9.10. The molecule has 1 N–H and O–H groups in total. The number of hydrogen-bond donors (Lipinski definition) is 1. The number of carbonyl (C=O) groups is 1. The average molecular weight is 347 g/mol. The SMILES string of the molecule is CN(C)Cc1ccccc1NC(=O)Cc1ccc(Br)cc1. The van der Waals surface area contributed by atoms with Crippen LogP contribution < -0.4 is 5.32 Å². The van der Waals surface area contributed by atoms with Crippen LogP contribution in [0.3, 0.4) is 0 Å². The molecule has 0 aliphatic heterocycles. The van der Waals surface area contributed by atoms with Crippen molar-refractivity contribution in [2.45, 2.75) is 13.0 Å². The Bertz CT molecular complexity index is 608. The first-order valence-corrected chi connectivity index (χ1v) is 7.61. The highest BCUT2D eigenvalue weighted by Gasteiger charge is 2.08. The van der Waals surface area contributed by atoms with E-state index in [0.29, 0.717) is 6.42 Å². The second kappa shape index (κ2) is 7.38. The van der Waals surface area contributed by atoms with Gasteiger partial charge in [0.05, 0.1) is 6.42 Å². The van der Waals surface area contributed by atoms with Crippen molar-refractivity contribution in [3.8, 4) is 0 Å². The molecule has 0 bridgehead atoms. The van der Waals surface area contributed by atoms with Crippen LogP contribution in [0.5, 0.6) is 0 Å². The van der Waals surface area contributed by atoms with Crippen LogP contribution in [-0.4, -0.2) is 24.9 Å². The van der Waals surface area contributed by atoms with Gasteiger partial charge in [-0.25, -0.2) is 0 Å². The van der Waals surface area contributed by atoms with Crippen molar-refractivity contribution in [3.05, 3.63) is 64.1 Å². The summed E-state index contributed by atoms with van der Waals surface area (Å²) in [5, 5.41) is 3.00. The number of carbonyl (C=O) groups excluding carboxylic acids is 1. The second-order valence-corrected chi connectivity index (χ2v) is 6.16. The number of nitrogens with one attached hydrogen (secondary N) is 1. The molecule has 0 aliphatic rings. The molecule has 21 heavy (non-hydrogen) atoms. The Morgan fingerprint density at radius 1 is 1.10 bits per heavy atom. The number of hydrogen-bond acceptors (Lipinski definition) is 2. The lowest BCUT2D eigenvalue weighted by Gasteiger charge is -2.15. The number of nitrogens with zero attached hydrogens (tertiary/aromatic N) is 1. The van der Waals surface area contributed by atoms with E-state index < -0.39 is 0 Å². The third kappa shape index (κ3) is 4.99. The molecule has 110 valence electrons. The van der Waals surface area contributed by atoms with Crippen molar-refractivity contribution in [2.75, 3.05) is 19.4 Å². The zero-order valence-corrected chi connectivity index (χ0v) is 13.9. The van der Waals surface area contributed by atoms with Gasteiger partial charge < -0.3 is 10.2 Å². The molecule has 0 atom stereocenters. The van der Waals surface area contributed by atoms with Crippen LogP contribution in [0.15, 0.2) is 53.0 Å². The van der Waals surface area contributed by atoms with Gasteiger partial charge in [0, 0.05) is 16.7 Å². The average Bonchev–Trinajstić information content (AvgIpc) is 2.43. The summed E-state index contributed by atoms with van der Waals surface area (Å²) in [6.45, 7) is 0.800. The summed E-state index contributed by atoms with van der Waals surface area (Å²) < 4.78 is 1.02. The fourth-order valence-electron chi connectivity index (χ4n) is 2.10. The number of halogens is 1. The quantitative estimate of drug-likeness (QED) is 0.895. The van der Waals surface area contributed by atoms with Gasteiger partial charge in [-0.15, -0.1) is 0 Å². The Morgan fingerprint density at radius 2 is 1.76 bits per heavy atom. The first-order valence-electron chi connectivity index (χ1n) is 6.81. The largest absolute Gasteiger partial charge is 0.325 e. The Kier molecular flexibility index (Phi) is 5.53. The maximum atomic E-state index is 12.2. The Balaban J connectivity index is 2.04. The lowest BCUT2D eigenvalue weighted by Crippen LogP contribution is -2.18. The van der Waals surface area contributed by atoms with Crippen molar-refractivity contribution in [1.82, 2.24) is 4.90 Å². The van der Waals surface area contributed by atoms with Gasteiger partial charge in [0.15, 0.2) is 0 Å². The summed E-state index contributed by atoms with van der Waals surface area (Å²) in [5.74, 6) is 0.00327. The molecule has 2 aromatic carbocycles. The lowest BCUT2D eigenvalue weighted by atomic mass is 10.1. The zero-order chi connectivity index (χ0) is 15.2. The van der Waals surface area contributed by atoms with Gasteiger partial charge in [0.2, 0.25) is 5.91 Å². The minimum Gasteiger partial charge on any atom is -0.325 e. The minimum absolute atomic E-state index is 0.00327. The van der Waals surface area contributed by atoms with Crippen molar-refractivity contribution >= 4 is 27.5 Å². The molecule has 3 nitrogen and oxygen atoms in total. The van der Waals surface area contributed by atoms with Gasteiger partial charge >= 0.3 is 0 Å². The van der Waals surface area contributed by atoms with E-state index in [1.807, 2.05) is 62.6 Å². The molecule has 0 fully saturated rings. The summed E-state index contributed by atoms with van der Waals surface area (Å²) in [6, 6.07) is 15.7. The van der Waals surface area contributed by atoms with Crippen molar-refractivity contribution in [1.29, 1.82) is 0 Å². The first kappa shape index (κ1) is 15.7. The monoisotopic (exact) mass is 346 g/mol.